The fraction of sp³-hybridized carbons (Fsp3) is 0.667. The van der Waals surface area contributed by atoms with Crippen molar-refractivity contribution in [2.24, 2.45) is 0 Å². The third-order valence-electron chi connectivity index (χ3n) is 4.72. The topological polar surface area (TPSA) is 75.4 Å². The molecule has 0 aromatic heterocycles. The molecule has 1 fully saturated rings. The lowest BCUT2D eigenvalue weighted by Gasteiger charge is -2.34. The van der Waals surface area contributed by atoms with Gasteiger partial charge in [-0.3, -0.25) is 0 Å². The van der Waals surface area contributed by atoms with E-state index < -0.39 is 10.0 Å². The summed E-state index contributed by atoms with van der Waals surface area (Å²) < 4.78 is 27.0. The third-order valence-corrected chi connectivity index (χ3v) is 6.63. The van der Waals surface area contributed by atoms with Crippen molar-refractivity contribution in [1.29, 1.82) is 0 Å². The largest absolute Gasteiger partial charge is 0.399 e. The molecule has 24 heavy (non-hydrogen) atoms. The maximum absolute atomic E-state index is 12.7. The first-order valence-corrected chi connectivity index (χ1v) is 10.5. The van der Waals surface area contributed by atoms with E-state index in [4.69, 9.17) is 5.73 Å². The normalized spacial score (nSPS) is 17.5. The second-order valence-corrected chi connectivity index (χ2v) is 8.63. The summed E-state index contributed by atoms with van der Waals surface area (Å²) in [5, 5.41) is 3.74. The van der Waals surface area contributed by atoms with Gasteiger partial charge in [0.25, 0.3) is 0 Å². The molecule has 0 saturated carbocycles. The molecule has 3 N–H and O–H groups in total. The van der Waals surface area contributed by atoms with E-state index in [2.05, 4.69) is 19.2 Å². The lowest BCUT2D eigenvalue weighted by atomic mass is 10.0. The van der Waals surface area contributed by atoms with Crippen LogP contribution in [-0.2, 0) is 10.0 Å². The number of anilines is 1. The zero-order chi connectivity index (χ0) is 17.6. The number of piperidine rings is 1. The van der Waals surface area contributed by atoms with Gasteiger partial charge in [0, 0.05) is 30.9 Å². The Morgan fingerprint density at radius 1 is 1.12 bits per heavy atom. The Hall–Kier alpha value is -1.11. The van der Waals surface area contributed by atoms with Crippen molar-refractivity contribution < 1.29 is 8.42 Å². The van der Waals surface area contributed by atoms with Crippen molar-refractivity contribution in [3.8, 4) is 0 Å². The Morgan fingerprint density at radius 2 is 1.67 bits per heavy atom. The van der Waals surface area contributed by atoms with Crippen LogP contribution in [0.2, 0.25) is 0 Å². The average molecular weight is 354 g/mol. The number of rotatable bonds is 8. The number of benzene rings is 1. The van der Waals surface area contributed by atoms with Gasteiger partial charge in [-0.05, 0) is 49.9 Å². The summed E-state index contributed by atoms with van der Waals surface area (Å²) >= 11 is 0. The molecule has 0 unspecified atom stereocenters. The molecule has 1 aromatic rings. The molecule has 2 rings (SSSR count). The van der Waals surface area contributed by atoms with Crippen molar-refractivity contribution in [2.45, 2.75) is 69.4 Å². The zero-order valence-electron chi connectivity index (χ0n) is 14.9. The van der Waals surface area contributed by atoms with Crippen LogP contribution < -0.4 is 11.1 Å². The second-order valence-electron chi connectivity index (χ2n) is 6.69. The Kier molecular flexibility index (Phi) is 7.07. The summed E-state index contributed by atoms with van der Waals surface area (Å²) in [6, 6.07) is 7.44. The molecule has 1 aliphatic rings. The van der Waals surface area contributed by atoms with Gasteiger partial charge >= 0.3 is 0 Å². The molecule has 0 aliphatic carbocycles. The van der Waals surface area contributed by atoms with Crippen molar-refractivity contribution in [1.82, 2.24) is 9.62 Å². The molecule has 1 saturated heterocycles. The fourth-order valence-corrected chi connectivity index (χ4v) is 4.86. The zero-order valence-corrected chi connectivity index (χ0v) is 15.7. The fourth-order valence-electron chi connectivity index (χ4n) is 3.39. The van der Waals surface area contributed by atoms with Crippen LogP contribution in [0.5, 0.6) is 0 Å². The van der Waals surface area contributed by atoms with Crippen LogP contribution in [0.1, 0.15) is 52.4 Å². The van der Waals surface area contributed by atoms with E-state index in [-0.39, 0.29) is 0 Å². The first-order valence-electron chi connectivity index (χ1n) is 9.09. The average Bonchev–Trinajstić information content (AvgIpc) is 2.56. The Labute approximate surface area is 146 Å². The standard InChI is InChI=1S/C18H31N3O2S/c1-3-5-16(6-4-2)20-17-11-13-21(14-12-17)24(22,23)18-9-7-15(19)8-10-18/h7-10,16-17,20H,3-6,11-14,19H2,1-2H3. The van der Waals surface area contributed by atoms with Crippen LogP contribution in [-0.4, -0.2) is 37.9 Å². The number of hydrogen-bond acceptors (Lipinski definition) is 4. The molecule has 0 atom stereocenters. The minimum atomic E-state index is -3.40. The van der Waals surface area contributed by atoms with E-state index in [1.54, 1.807) is 28.6 Å². The van der Waals surface area contributed by atoms with E-state index >= 15 is 0 Å². The van der Waals surface area contributed by atoms with Crippen molar-refractivity contribution >= 4 is 15.7 Å². The maximum atomic E-state index is 12.7. The molecule has 1 aromatic carbocycles. The quantitative estimate of drug-likeness (QED) is 0.705. The SMILES string of the molecule is CCCC(CCC)NC1CCN(S(=O)(=O)c2ccc(N)cc2)CC1. The molecule has 0 radical (unpaired) electrons. The highest BCUT2D eigenvalue weighted by molar-refractivity contribution is 7.89. The van der Waals surface area contributed by atoms with Crippen LogP contribution in [0, 0.1) is 0 Å². The van der Waals surface area contributed by atoms with Crippen LogP contribution in [0.25, 0.3) is 0 Å². The van der Waals surface area contributed by atoms with Gasteiger partial charge in [-0.2, -0.15) is 4.31 Å². The predicted molar refractivity (Wildman–Crippen MR) is 99.4 cm³/mol. The third kappa shape index (κ3) is 4.94. The number of nitrogen functional groups attached to an aromatic ring is 1. The minimum Gasteiger partial charge on any atom is -0.399 e. The highest BCUT2D eigenvalue weighted by Gasteiger charge is 2.29. The molecule has 1 aliphatic heterocycles. The molecule has 0 bridgehead atoms. The van der Waals surface area contributed by atoms with E-state index in [1.807, 2.05) is 0 Å². The van der Waals surface area contributed by atoms with Crippen molar-refractivity contribution in [2.75, 3.05) is 18.8 Å². The summed E-state index contributed by atoms with van der Waals surface area (Å²) in [6.07, 6.45) is 6.50. The Bertz CT molecular complexity index is 587. The first kappa shape index (κ1) is 19.2. The van der Waals surface area contributed by atoms with E-state index in [1.165, 1.54) is 25.7 Å². The van der Waals surface area contributed by atoms with Crippen molar-refractivity contribution in [3.63, 3.8) is 0 Å². The lowest BCUT2D eigenvalue weighted by molar-refractivity contribution is 0.264. The van der Waals surface area contributed by atoms with Gasteiger partial charge < -0.3 is 11.1 Å². The summed E-state index contributed by atoms with van der Waals surface area (Å²) in [4.78, 5) is 0.331. The second kappa shape index (κ2) is 8.83. The molecule has 1 heterocycles. The number of nitrogens with two attached hydrogens (primary N) is 1. The summed E-state index contributed by atoms with van der Waals surface area (Å²) in [6.45, 7) is 5.59. The number of nitrogens with one attached hydrogen (secondary N) is 1. The van der Waals surface area contributed by atoms with Gasteiger partial charge in [0.05, 0.1) is 4.90 Å². The highest BCUT2D eigenvalue weighted by atomic mass is 32.2. The van der Waals surface area contributed by atoms with Crippen molar-refractivity contribution in [3.05, 3.63) is 24.3 Å². The molecule has 136 valence electrons. The highest BCUT2D eigenvalue weighted by Crippen LogP contribution is 2.22. The van der Waals surface area contributed by atoms with Crippen LogP contribution in [0.3, 0.4) is 0 Å². The van der Waals surface area contributed by atoms with E-state index in [0.29, 0.717) is 35.8 Å². The number of nitrogens with zero attached hydrogens (tertiary/aromatic N) is 1. The molecule has 6 heteroatoms. The Morgan fingerprint density at radius 3 is 2.17 bits per heavy atom. The summed E-state index contributed by atoms with van der Waals surface area (Å²) in [5.74, 6) is 0. The van der Waals surface area contributed by atoms with Crippen LogP contribution >= 0.6 is 0 Å². The maximum Gasteiger partial charge on any atom is 0.243 e. The molecular formula is C18H31N3O2S. The smallest absolute Gasteiger partial charge is 0.243 e. The van der Waals surface area contributed by atoms with Gasteiger partial charge in [0.2, 0.25) is 10.0 Å². The summed E-state index contributed by atoms with van der Waals surface area (Å²) in [7, 11) is -3.40. The van der Waals surface area contributed by atoms with E-state index in [0.717, 1.165) is 12.8 Å². The van der Waals surface area contributed by atoms with Crippen LogP contribution in [0.15, 0.2) is 29.2 Å². The summed E-state index contributed by atoms with van der Waals surface area (Å²) in [5.41, 5.74) is 6.22. The van der Waals surface area contributed by atoms with Crippen LogP contribution in [0.4, 0.5) is 5.69 Å². The van der Waals surface area contributed by atoms with Gasteiger partial charge in [-0.25, -0.2) is 8.42 Å². The molecular weight excluding hydrogens is 322 g/mol. The van der Waals surface area contributed by atoms with E-state index in [9.17, 15) is 8.42 Å². The molecule has 0 spiro atoms. The van der Waals surface area contributed by atoms with Gasteiger partial charge in [0.1, 0.15) is 0 Å². The van der Waals surface area contributed by atoms with Gasteiger partial charge in [-0.1, -0.05) is 26.7 Å². The first-order chi connectivity index (χ1) is 11.5. The molecule has 5 nitrogen and oxygen atoms in total. The predicted octanol–water partition coefficient (Wildman–Crippen LogP) is 2.98. The Balaban J connectivity index is 1.93. The van der Waals surface area contributed by atoms with Gasteiger partial charge in [0.15, 0.2) is 0 Å². The number of hydrogen-bond donors (Lipinski definition) is 2. The monoisotopic (exact) mass is 353 g/mol. The number of sulfonamides is 1. The minimum absolute atomic E-state index is 0.331. The lowest BCUT2D eigenvalue weighted by Crippen LogP contribution is -2.47. The van der Waals surface area contributed by atoms with Gasteiger partial charge in [-0.15, -0.1) is 0 Å². The molecule has 0 amide bonds.